The van der Waals surface area contributed by atoms with E-state index in [1.807, 2.05) is 18.2 Å². The van der Waals surface area contributed by atoms with Gasteiger partial charge in [-0.3, -0.25) is 4.79 Å². The molecule has 2 N–H and O–H groups in total. The van der Waals surface area contributed by atoms with E-state index in [2.05, 4.69) is 29.4 Å². The summed E-state index contributed by atoms with van der Waals surface area (Å²) in [5, 5.41) is 6.06. The minimum atomic E-state index is -0.423. The molecule has 0 aromatic heterocycles. The number of rotatable bonds is 10. The average molecular weight is 365 g/mol. The summed E-state index contributed by atoms with van der Waals surface area (Å²) >= 11 is 0. The van der Waals surface area contributed by atoms with Crippen molar-refractivity contribution < 1.29 is 19.0 Å². The molecule has 1 fully saturated rings. The van der Waals surface area contributed by atoms with Crippen LogP contribution in [0.25, 0.3) is 0 Å². The average Bonchev–Trinajstić information content (AvgIpc) is 2.70. The third-order valence-corrected chi connectivity index (χ3v) is 4.47. The minimum Gasteiger partial charge on any atom is -0.493 e. The fraction of sp³-hybridized carbons (Fsp3) is 0.632. The summed E-state index contributed by atoms with van der Waals surface area (Å²) in [6.45, 7) is 10.1. The van der Waals surface area contributed by atoms with E-state index < -0.39 is 6.10 Å². The van der Waals surface area contributed by atoms with Gasteiger partial charge in [-0.2, -0.15) is 0 Å². The summed E-state index contributed by atoms with van der Waals surface area (Å²) in [6, 6.07) is 5.73. The molecule has 0 saturated carbocycles. The van der Waals surface area contributed by atoms with Gasteiger partial charge in [0, 0.05) is 26.2 Å². The first-order valence-electron chi connectivity index (χ1n) is 9.30. The number of amides is 1. The number of ether oxygens (including phenoxy) is 3. The molecule has 2 rings (SSSR count). The Morgan fingerprint density at radius 1 is 1.35 bits per heavy atom. The minimum absolute atomic E-state index is 0.101. The van der Waals surface area contributed by atoms with Crippen LogP contribution in [0.15, 0.2) is 18.2 Å². The number of hydrogen-bond acceptors (Lipinski definition) is 6. The number of hydrogen-bond donors (Lipinski definition) is 2. The Labute approximate surface area is 156 Å². The lowest BCUT2D eigenvalue weighted by molar-refractivity contribution is -0.134. The highest BCUT2D eigenvalue weighted by molar-refractivity contribution is 5.81. The zero-order valence-corrected chi connectivity index (χ0v) is 16.0. The fourth-order valence-electron chi connectivity index (χ4n) is 2.80. The molecule has 1 unspecified atom stereocenters. The Kier molecular flexibility index (Phi) is 8.67. The maximum atomic E-state index is 12.1. The second-order valence-electron chi connectivity index (χ2n) is 6.14. The van der Waals surface area contributed by atoms with E-state index in [-0.39, 0.29) is 5.91 Å². The number of carbonyl (C=O) groups excluding carboxylic acids is 1. The van der Waals surface area contributed by atoms with Gasteiger partial charge in [-0.1, -0.05) is 19.9 Å². The number of nitrogens with one attached hydrogen (secondary N) is 2. The van der Waals surface area contributed by atoms with Crippen LogP contribution in [0.1, 0.15) is 19.4 Å². The highest BCUT2D eigenvalue weighted by Crippen LogP contribution is 2.28. The second-order valence-corrected chi connectivity index (χ2v) is 6.14. The normalized spacial score (nSPS) is 17.2. The van der Waals surface area contributed by atoms with Gasteiger partial charge in [0.15, 0.2) is 11.5 Å². The predicted octanol–water partition coefficient (Wildman–Crippen LogP) is 1.02. The maximum Gasteiger partial charge on any atom is 0.250 e. The van der Waals surface area contributed by atoms with Crippen molar-refractivity contribution in [3.63, 3.8) is 0 Å². The van der Waals surface area contributed by atoms with Crippen LogP contribution in [0.2, 0.25) is 0 Å². The third kappa shape index (κ3) is 6.16. The molecular formula is C19H31N3O4. The molecule has 146 valence electrons. The van der Waals surface area contributed by atoms with Crippen LogP contribution in [0.4, 0.5) is 0 Å². The van der Waals surface area contributed by atoms with Crippen LogP contribution in [0, 0.1) is 0 Å². The largest absolute Gasteiger partial charge is 0.493 e. The number of morpholine rings is 1. The Morgan fingerprint density at radius 3 is 2.81 bits per heavy atom. The monoisotopic (exact) mass is 365 g/mol. The quantitative estimate of drug-likeness (QED) is 0.645. The van der Waals surface area contributed by atoms with E-state index in [0.717, 1.165) is 37.5 Å². The topological polar surface area (TPSA) is 72.1 Å². The van der Waals surface area contributed by atoms with Gasteiger partial charge in [-0.25, -0.2) is 0 Å². The maximum absolute atomic E-state index is 12.1. The fourth-order valence-corrected chi connectivity index (χ4v) is 2.80. The molecule has 1 aliphatic rings. The van der Waals surface area contributed by atoms with E-state index in [4.69, 9.17) is 14.2 Å². The Morgan fingerprint density at radius 2 is 2.15 bits per heavy atom. The van der Waals surface area contributed by atoms with Crippen LogP contribution in [-0.4, -0.2) is 70.0 Å². The van der Waals surface area contributed by atoms with Crippen LogP contribution >= 0.6 is 0 Å². The first-order chi connectivity index (χ1) is 12.7. The van der Waals surface area contributed by atoms with Crippen molar-refractivity contribution in [3.05, 3.63) is 23.8 Å². The predicted molar refractivity (Wildman–Crippen MR) is 101 cm³/mol. The summed E-state index contributed by atoms with van der Waals surface area (Å²) < 4.78 is 16.7. The molecule has 0 radical (unpaired) electrons. The molecule has 0 bridgehead atoms. The molecule has 1 aromatic carbocycles. The number of benzene rings is 1. The van der Waals surface area contributed by atoms with Gasteiger partial charge in [0.2, 0.25) is 0 Å². The van der Waals surface area contributed by atoms with Crippen LogP contribution < -0.4 is 20.1 Å². The number of methoxy groups -OCH3 is 1. The molecule has 0 spiro atoms. The van der Waals surface area contributed by atoms with Crippen LogP contribution in [-0.2, 0) is 16.1 Å². The van der Waals surface area contributed by atoms with Crippen molar-refractivity contribution in [2.75, 3.05) is 53.0 Å². The van der Waals surface area contributed by atoms with Crippen molar-refractivity contribution in [3.8, 4) is 11.5 Å². The number of carbonyl (C=O) groups is 1. The van der Waals surface area contributed by atoms with Gasteiger partial charge >= 0.3 is 0 Å². The lowest BCUT2D eigenvalue weighted by Crippen LogP contribution is -2.47. The van der Waals surface area contributed by atoms with E-state index >= 15 is 0 Å². The zero-order chi connectivity index (χ0) is 18.8. The molecule has 26 heavy (non-hydrogen) atoms. The first-order valence-corrected chi connectivity index (χ1v) is 9.30. The molecule has 1 aliphatic heterocycles. The molecule has 1 aromatic rings. The summed E-state index contributed by atoms with van der Waals surface area (Å²) in [6.07, 6.45) is -0.423. The molecule has 7 nitrogen and oxygen atoms in total. The molecule has 0 aliphatic carbocycles. The molecule has 1 amide bonds. The molecule has 1 saturated heterocycles. The summed E-state index contributed by atoms with van der Waals surface area (Å²) in [5.74, 6) is 1.29. The Hall–Kier alpha value is -1.83. The molecule has 7 heteroatoms. The number of likely N-dealkylation sites (N-methyl/N-ethyl adjacent to an activating group) is 1. The smallest absolute Gasteiger partial charge is 0.250 e. The van der Waals surface area contributed by atoms with Crippen molar-refractivity contribution in [1.29, 1.82) is 0 Å². The lowest BCUT2D eigenvalue weighted by atomic mass is 10.2. The summed E-state index contributed by atoms with van der Waals surface area (Å²) in [5.41, 5.74) is 0.954. The van der Waals surface area contributed by atoms with Gasteiger partial charge in [0.25, 0.3) is 5.91 Å². The van der Waals surface area contributed by atoms with Gasteiger partial charge in [-0.15, -0.1) is 0 Å². The van der Waals surface area contributed by atoms with Crippen LogP contribution in [0.5, 0.6) is 11.5 Å². The SMILES string of the molecule is CCN(CC)CCOc1ccc(CNC(=O)C2CNCCO2)cc1OC. The Bertz CT molecular complexity index is 558. The van der Waals surface area contributed by atoms with Gasteiger partial charge in [0.05, 0.1) is 13.7 Å². The Balaban J connectivity index is 1.85. The summed E-state index contributed by atoms with van der Waals surface area (Å²) in [4.78, 5) is 14.4. The van der Waals surface area contributed by atoms with E-state index in [1.165, 1.54) is 0 Å². The molecular weight excluding hydrogens is 334 g/mol. The van der Waals surface area contributed by atoms with Gasteiger partial charge in [0.1, 0.15) is 12.7 Å². The third-order valence-electron chi connectivity index (χ3n) is 4.47. The second kappa shape index (κ2) is 11.0. The standard InChI is InChI=1S/C19H31N3O4/c1-4-22(5-2)9-11-26-16-7-6-15(12-17(16)24-3)13-21-19(23)18-14-20-8-10-25-18/h6-7,12,18,20H,4-5,8-11,13-14H2,1-3H3,(H,21,23). The summed E-state index contributed by atoms with van der Waals surface area (Å²) in [7, 11) is 1.62. The van der Waals surface area contributed by atoms with E-state index in [9.17, 15) is 4.79 Å². The lowest BCUT2D eigenvalue weighted by Gasteiger charge is -2.22. The van der Waals surface area contributed by atoms with Crippen LogP contribution in [0.3, 0.4) is 0 Å². The first kappa shape index (κ1) is 20.5. The van der Waals surface area contributed by atoms with Gasteiger partial charge in [-0.05, 0) is 30.8 Å². The van der Waals surface area contributed by atoms with E-state index in [1.54, 1.807) is 7.11 Å². The molecule has 1 heterocycles. The van der Waals surface area contributed by atoms with Gasteiger partial charge < -0.3 is 29.7 Å². The zero-order valence-electron chi connectivity index (χ0n) is 16.0. The van der Waals surface area contributed by atoms with Crippen molar-refractivity contribution in [1.82, 2.24) is 15.5 Å². The van der Waals surface area contributed by atoms with E-state index in [0.29, 0.717) is 32.1 Å². The van der Waals surface area contributed by atoms with Crippen molar-refractivity contribution in [2.24, 2.45) is 0 Å². The van der Waals surface area contributed by atoms with Crippen molar-refractivity contribution in [2.45, 2.75) is 26.5 Å². The number of nitrogens with zero attached hydrogens (tertiary/aromatic N) is 1. The molecule has 1 atom stereocenters. The van der Waals surface area contributed by atoms with Crippen molar-refractivity contribution >= 4 is 5.91 Å². The highest BCUT2D eigenvalue weighted by atomic mass is 16.5. The highest BCUT2D eigenvalue weighted by Gasteiger charge is 2.21.